The lowest BCUT2D eigenvalue weighted by atomic mass is 10.2. The SMILES string of the molecule is Nc1cc2cn[nH]c2cc1NCc1ccccn1. The van der Waals surface area contributed by atoms with Gasteiger partial charge in [0.15, 0.2) is 0 Å². The number of pyridine rings is 1. The van der Waals surface area contributed by atoms with Gasteiger partial charge in [-0.1, -0.05) is 6.07 Å². The largest absolute Gasteiger partial charge is 0.397 e. The smallest absolute Gasteiger partial charge is 0.0672 e. The van der Waals surface area contributed by atoms with Gasteiger partial charge in [0, 0.05) is 11.6 Å². The molecular weight excluding hydrogens is 226 g/mol. The molecule has 0 radical (unpaired) electrons. The van der Waals surface area contributed by atoms with Gasteiger partial charge in [0.2, 0.25) is 0 Å². The van der Waals surface area contributed by atoms with Crippen molar-refractivity contribution in [1.82, 2.24) is 15.2 Å². The highest BCUT2D eigenvalue weighted by Gasteiger charge is 2.03. The lowest BCUT2D eigenvalue weighted by molar-refractivity contribution is 1.05. The van der Waals surface area contributed by atoms with Crippen LogP contribution in [0, 0.1) is 0 Å². The molecule has 3 rings (SSSR count). The van der Waals surface area contributed by atoms with E-state index >= 15 is 0 Å². The van der Waals surface area contributed by atoms with Crippen LogP contribution in [-0.2, 0) is 6.54 Å². The third kappa shape index (κ3) is 1.98. The van der Waals surface area contributed by atoms with Crippen LogP contribution in [0.15, 0.2) is 42.7 Å². The van der Waals surface area contributed by atoms with Gasteiger partial charge in [0.05, 0.1) is 35.3 Å². The first-order chi connectivity index (χ1) is 8.83. The molecule has 0 saturated heterocycles. The Morgan fingerprint density at radius 1 is 1.28 bits per heavy atom. The molecule has 2 heterocycles. The van der Waals surface area contributed by atoms with Gasteiger partial charge in [-0.3, -0.25) is 10.1 Å². The molecule has 3 aromatic rings. The second-order valence-corrected chi connectivity index (χ2v) is 4.07. The van der Waals surface area contributed by atoms with Crippen LogP contribution in [-0.4, -0.2) is 15.2 Å². The summed E-state index contributed by atoms with van der Waals surface area (Å²) in [5.74, 6) is 0. The zero-order chi connectivity index (χ0) is 12.4. The van der Waals surface area contributed by atoms with E-state index in [9.17, 15) is 0 Å². The van der Waals surface area contributed by atoms with Crippen molar-refractivity contribution in [1.29, 1.82) is 0 Å². The Labute approximate surface area is 104 Å². The highest BCUT2D eigenvalue weighted by molar-refractivity contribution is 5.88. The van der Waals surface area contributed by atoms with Crippen LogP contribution in [0.5, 0.6) is 0 Å². The van der Waals surface area contributed by atoms with Crippen LogP contribution in [0.1, 0.15) is 5.69 Å². The molecule has 90 valence electrons. The van der Waals surface area contributed by atoms with E-state index in [1.165, 1.54) is 0 Å². The first-order valence-corrected chi connectivity index (χ1v) is 5.69. The molecule has 0 bridgehead atoms. The zero-order valence-electron chi connectivity index (χ0n) is 9.72. The molecule has 0 atom stereocenters. The Morgan fingerprint density at radius 2 is 2.22 bits per heavy atom. The first kappa shape index (κ1) is 10.6. The molecule has 0 aliphatic carbocycles. The molecule has 2 aromatic heterocycles. The van der Waals surface area contributed by atoms with Crippen molar-refractivity contribution in [3.63, 3.8) is 0 Å². The van der Waals surface area contributed by atoms with E-state index in [1.807, 2.05) is 30.3 Å². The maximum Gasteiger partial charge on any atom is 0.0672 e. The number of benzene rings is 1. The summed E-state index contributed by atoms with van der Waals surface area (Å²) in [6, 6.07) is 9.69. The number of nitrogens with zero attached hydrogens (tertiary/aromatic N) is 2. The molecule has 0 aliphatic rings. The van der Waals surface area contributed by atoms with Crippen molar-refractivity contribution < 1.29 is 0 Å². The van der Waals surface area contributed by atoms with Crippen molar-refractivity contribution in [2.45, 2.75) is 6.54 Å². The van der Waals surface area contributed by atoms with Crippen LogP contribution in [0.2, 0.25) is 0 Å². The van der Waals surface area contributed by atoms with Crippen molar-refractivity contribution in [2.24, 2.45) is 0 Å². The fourth-order valence-electron chi connectivity index (χ4n) is 1.85. The molecule has 0 saturated carbocycles. The van der Waals surface area contributed by atoms with E-state index in [0.29, 0.717) is 12.2 Å². The van der Waals surface area contributed by atoms with Crippen LogP contribution in [0.4, 0.5) is 11.4 Å². The molecule has 4 N–H and O–H groups in total. The van der Waals surface area contributed by atoms with Gasteiger partial charge in [-0.05, 0) is 24.3 Å². The Morgan fingerprint density at radius 3 is 3.06 bits per heavy atom. The molecule has 0 unspecified atom stereocenters. The van der Waals surface area contributed by atoms with E-state index in [4.69, 9.17) is 5.73 Å². The van der Waals surface area contributed by atoms with E-state index < -0.39 is 0 Å². The first-order valence-electron chi connectivity index (χ1n) is 5.69. The number of nitrogen functional groups attached to an aromatic ring is 1. The number of anilines is 2. The molecule has 18 heavy (non-hydrogen) atoms. The molecule has 5 heteroatoms. The van der Waals surface area contributed by atoms with Gasteiger partial charge in [0.1, 0.15) is 0 Å². The summed E-state index contributed by atoms with van der Waals surface area (Å²) in [6.07, 6.45) is 3.53. The molecule has 0 aliphatic heterocycles. The molecule has 0 spiro atoms. The average molecular weight is 239 g/mol. The van der Waals surface area contributed by atoms with Crippen molar-refractivity contribution >= 4 is 22.3 Å². The number of hydrogen-bond acceptors (Lipinski definition) is 4. The fourth-order valence-corrected chi connectivity index (χ4v) is 1.85. The summed E-state index contributed by atoms with van der Waals surface area (Å²) in [5, 5.41) is 11.2. The summed E-state index contributed by atoms with van der Waals surface area (Å²) < 4.78 is 0. The standard InChI is InChI=1S/C13H13N5/c14-11-5-9-7-17-18-12(9)6-13(11)16-8-10-3-1-2-4-15-10/h1-7,16H,8,14H2,(H,17,18). The monoisotopic (exact) mass is 239 g/mol. The maximum absolute atomic E-state index is 5.99. The fraction of sp³-hybridized carbons (Fsp3) is 0.0769. The minimum atomic E-state index is 0.644. The number of H-pyrrole nitrogens is 1. The van der Waals surface area contributed by atoms with Crippen LogP contribution in [0.25, 0.3) is 10.9 Å². The second kappa shape index (κ2) is 4.37. The second-order valence-electron chi connectivity index (χ2n) is 4.07. The third-order valence-corrected chi connectivity index (χ3v) is 2.80. The summed E-state index contributed by atoms with van der Waals surface area (Å²) in [7, 11) is 0. The Hall–Kier alpha value is -2.56. The number of aromatic nitrogens is 3. The van der Waals surface area contributed by atoms with Gasteiger partial charge in [-0.15, -0.1) is 0 Å². The topological polar surface area (TPSA) is 79.6 Å². The van der Waals surface area contributed by atoms with Crippen molar-refractivity contribution in [3.8, 4) is 0 Å². The van der Waals surface area contributed by atoms with Crippen molar-refractivity contribution in [3.05, 3.63) is 48.4 Å². The molecular formula is C13H13N5. The predicted molar refractivity (Wildman–Crippen MR) is 72.1 cm³/mol. The van der Waals surface area contributed by atoms with Crippen LogP contribution < -0.4 is 11.1 Å². The Kier molecular flexibility index (Phi) is 2.57. The highest BCUT2D eigenvalue weighted by Crippen LogP contribution is 2.24. The zero-order valence-corrected chi connectivity index (χ0v) is 9.72. The minimum Gasteiger partial charge on any atom is -0.397 e. The number of nitrogens with one attached hydrogen (secondary N) is 2. The molecule has 1 aromatic carbocycles. The number of hydrogen-bond donors (Lipinski definition) is 3. The van der Waals surface area contributed by atoms with Gasteiger partial charge in [-0.2, -0.15) is 5.10 Å². The van der Waals surface area contributed by atoms with Gasteiger partial charge in [-0.25, -0.2) is 0 Å². The number of rotatable bonds is 3. The molecule has 5 nitrogen and oxygen atoms in total. The van der Waals surface area contributed by atoms with E-state index in [1.54, 1.807) is 12.4 Å². The van der Waals surface area contributed by atoms with Gasteiger partial charge >= 0.3 is 0 Å². The number of nitrogens with two attached hydrogens (primary N) is 1. The van der Waals surface area contributed by atoms with Gasteiger partial charge in [0.25, 0.3) is 0 Å². The Balaban J connectivity index is 1.84. The lowest BCUT2D eigenvalue weighted by Crippen LogP contribution is -2.03. The van der Waals surface area contributed by atoms with E-state index in [-0.39, 0.29) is 0 Å². The third-order valence-electron chi connectivity index (χ3n) is 2.80. The van der Waals surface area contributed by atoms with E-state index in [2.05, 4.69) is 20.5 Å². The Bertz CT molecular complexity index is 659. The summed E-state index contributed by atoms with van der Waals surface area (Å²) in [6.45, 7) is 0.644. The normalized spacial score (nSPS) is 10.7. The van der Waals surface area contributed by atoms with Crippen LogP contribution >= 0.6 is 0 Å². The maximum atomic E-state index is 5.99. The predicted octanol–water partition coefficient (Wildman–Crippen LogP) is 2.15. The number of fused-ring (bicyclic) bond motifs is 1. The number of aromatic amines is 1. The molecule has 0 fully saturated rings. The van der Waals surface area contributed by atoms with Crippen molar-refractivity contribution in [2.75, 3.05) is 11.1 Å². The summed E-state index contributed by atoms with van der Waals surface area (Å²) >= 11 is 0. The summed E-state index contributed by atoms with van der Waals surface area (Å²) in [5.41, 5.74) is 9.52. The quantitative estimate of drug-likeness (QED) is 0.612. The molecule has 0 amide bonds. The van der Waals surface area contributed by atoms with Gasteiger partial charge < -0.3 is 11.1 Å². The minimum absolute atomic E-state index is 0.644. The van der Waals surface area contributed by atoms with Crippen LogP contribution in [0.3, 0.4) is 0 Å². The highest BCUT2D eigenvalue weighted by atomic mass is 15.1. The average Bonchev–Trinajstić information content (AvgIpc) is 2.84. The van der Waals surface area contributed by atoms with E-state index in [0.717, 1.165) is 22.3 Å². The lowest BCUT2D eigenvalue weighted by Gasteiger charge is -2.09. The summed E-state index contributed by atoms with van der Waals surface area (Å²) in [4.78, 5) is 4.25.